The Morgan fingerprint density at radius 3 is 2.46 bits per heavy atom. The number of piperazine rings is 1. The largest absolute Gasteiger partial charge is 0.342 e. The Morgan fingerprint density at radius 2 is 1.75 bits per heavy atom. The van der Waals surface area contributed by atoms with Gasteiger partial charge in [0.15, 0.2) is 0 Å². The molecule has 4 rings (SSSR count). The second-order valence-corrected chi connectivity index (χ2v) is 8.17. The summed E-state index contributed by atoms with van der Waals surface area (Å²) < 4.78 is 0. The maximum Gasteiger partial charge on any atom is 0.236 e. The van der Waals surface area contributed by atoms with Gasteiger partial charge in [-0.2, -0.15) is 0 Å². The molecule has 0 spiro atoms. The highest BCUT2D eigenvalue weighted by atomic mass is 32.1. The molecular weight excluding hydrogens is 374 g/mol. The first-order valence-electron chi connectivity index (χ1n) is 9.82. The topological polar surface area (TPSA) is 69.6 Å². The van der Waals surface area contributed by atoms with Crippen LogP contribution in [0.3, 0.4) is 0 Å². The maximum absolute atomic E-state index is 12.6. The van der Waals surface area contributed by atoms with Crippen LogP contribution in [0, 0.1) is 0 Å². The van der Waals surface area contributed by atoms with E-state index in [9.17, 15) is 9.59 Å². The molecular formula is C20H25N5O2S. The zero-order chi connectivity index (χ0) is 19.3. The Hall–Kier alpha value is -2.32. The first-order valence-corrected chi connectivity index (χ1v) is 10.7. The van der Waals surface area contributed by atoms with Gasteiger partial charge in [-0.1, -0.05) is 0 Å². The molecule has 0 N–H and O–H groups in total. The first kappa shape index (κ1) is 19.0. The van der Waals surface area contributed by atoms with Crippen LogP contribution < -0.4 is 0 Å². The van der Waals surface area contributed by atoms with Crippen LogP contribution >= 0.6 is 11.3 Å². The van der Waals surface area contributed by atoms with E-state index in [2.05, 4.69) is 14.9 Å². The summed E-state index contributed by atoms with van der Waals surface area (Å²) in [6.45, 7) is 5.12. The van der Waals surface area contributed by atoms with E-state index < -0.39 is 0 Å². The summed E-state index contributed by atoms with van der Waals surface area (Å²) in [5.74, 6) is 0.330. The number of nitrogens with zero attached hydrogens (tertiary/aromatic N) is 5. The average Bonchev–Trinajstić information content (AvgIpc) is 3.41. The molecule has 2 amide bonds. The number of aromatic nitrogens is 2. The van der Waals surface area contributed by atoms with Gasteiger partial charge in [0.1, 0.15) is 5.01 Å². The monoisotopic (exact) mass is 399 g/mol. The Morgan fingerprint density at radius 1 is 1.00 bits per heavy atom. The van der Waals surface area contributed by atoms with Crippen molar-refractivity contribution in [3.63, 3.8) is 0 Å². The molecule has 0 aromatic carbocycles. The minimum Gasteiger partial charge on any atom is -0.342 e. The number of pyridine rings is 1. The summed E-state index contributed by atoms with van der Waals surface area (Å²) in [7, 11) is 0. The van der Waals surface area contributed by atoms with Crippen LogP contribution in [-0.2, 0) is 16.0 Å². The quantitative estimate of drug-likeness (QED) is 0.762. The fourth-order valence-corrected chi connectivity index (χ4v) is 4.50. The maximum atomic E-state index is 12.6. The molecule has 4 heterocycles. The summed E-state index contributed by atoms with van der Waals surface area (Å²) in [5, 5.41) is 2.84. The van der Waals surface area contributed by atoms with Crippen molar-refractivity contribution in [3.8, 4) is 10.6 Å². The molecule has 148 valence electrons. The third kappa shape index (κ3) is 4.56. The predicted molar refractivity (Wildman–Crippen MR) is 108 cm³/mol. The molecule has 28 heavy (non-hydrogen) atoms. The SMILES string of the molecule is O=C(Cc1csc(-c2cccnc2)n1)N1CCN(CC(=O)N2CCCC2)CC1. The molecule has 0 saturated carbocycles. The number of carbonyl (C=O) groups excluding carboxylic acids is 2. The number of rotatable bonds is 5. The Balaban J connectivity index is 1.25. The van der Waals surface area contributed by atoms with Crippen LogP contribution in [0.1, 0.15) is 18.5 Å². The molecule has 0 bridgehead atoms. The van der Waals surface area contributed by atoms with Crippen molar-refractivity contribution in [3.05, 3.63) is 35.6 Å². The van der Waals surface area contributed by atoms with Gasteiger partial charge < -0.3 is 9.80 Å². The van der Waals surface area contributed by atoms with E-state index in [-0.39, 0.29) is 11.8 Å². The van der Waals surface area contributed by atoms with Gasteiger partial charge >= 0.3 is 0 Å². The Labute approximate surface area is 169 Å². The van der Waals surface area contributed by atoms with Crippen molar-refractivity contribution in [2.75, 3.05) is 45.8 Å². The predicted octanol–water partition coefficient (Wildman–Crippen LogP) is 1.51. The smallest absolute Gasteiger partial charge is 0.236 e. The molecule has 7 nitrogen and oxygen atoms in total. The average molecular weight is 400 g/mol. The van der Waals surface area contributed by atoms with E-state index in [1.54, 1.807) is 12.4 Å². The lowest BCUT2D eigenvalue weighted by Gasteiger charge is -2.35. The molecule has 2 aliphatic heterocycles. The standard InChI is InChI=1S/C20H25N5O2S/c26-18(12-17-15-28-20(22-17)16-4-3-5-21-13-16)25-10-8-23(9-11-25)14-19(27)24-6-1-2-7-24/h3-5,13,15H,1-2,6-12,14H2. The van der Waals surface area contributed by atoms with Crippen LogP contribution in [0.2, 0.25) is 0 Å². The van der Waals surface area contributed by atoms with Crippen molar-refractivity contribution in [2.45, 2.75) is 19.3 Å². The Kier molecular flexibility index (Phi) is 5.97. The zero-order valence-corrected chi connectivity index (χ0v) is 16.7. The first-order chi connectivity index (χ1) is 13.7. The highest BCUT2D eigenvalue weighted by Gasteiger charge is 2.25. The number of likely N-dealkylation sites (tertiary alicyclic amines) is 1. The van der Waals surface area contributed by atoms with E-state index in [0.29, 0.717) is 26.1 Å². The number of hydrogen-bond donors (Lipinski definition) is 0. The summed E-state index contributed by atoms with van der Waals surface area (Å²) in [4.78, 5) is 39.6. The van der Waals surface area contributed by atoms with E-state index in [1.165, 1.54) is 11.3 Å². The van der Waals surface area contributed by atoms with Crippen molar-refractivity contribution in [1.29, 1.82) is 0 Å². The van der Waals surface area contributed by atoms with Crippen molar-refractivity contribution in [1.82, 2.24) is 24.7 Å². The lowest BCUT2D eigenvalue weighted by atomic mass is 10.2. The van der Waals surface area contributed by atoms with Gasteiger partial charge in [-0.05, 0) is 25.0 Å². The molecule has 0 unspecified atom stereocenters. The van der Waals surface area contributed by atoms with Crippen LogP contribution in [0.4, 0.5) is 0 Å². The highest BCUT2D eigenvalue weighted by Crippen LogP contribution is 2.23. The molecule has 2 aromatic heterocycles. The molecule has 0 atom stereocenters. The van der Waals surface area contributed by atoms with Gasteiger partial charge in [-0.3, -0.25) is 19.5 Å². The van der Waals surface area contributed by atoms with Crippen molar-refractivity contribution < 1.29 is 9.59 Å². The minimum atomic E-state index is 0.105. The lowest BCUT2D eigenvalue weighted by Crippen LogP contribution is -2.51. The van der Waals surface area contributed by atoms with Gasteiger partial charge in [0.2, 0.25) is 11.8 Å². The minimum absolute atomic E-state index is 0.105. The van der Waals surface area contributed by atoms with Gasteiger partial charge in [0, 0.05) is 62.6 Å². The van der Waals surface area contributed by atoms with E-state index in [0.717, 1.165) is 55.3 Å². The fraction of sp³-hybridized carbons (Fsp3) is 0.500. The number of hydrogen-bond acceptors (Lipinski definition) is 6. The summed E-state index contributed by atoms with van der Waals surface area (Å²) in [5.41, 5.74) is 1.78. The second-order valence-electron chi connectivity index (χ2n) is 7.31. The molecule has 2 fully saturated rings. The van der Waals surface area contributed by atoms with E-state index in [4.69, 9.17) is 0 Å². The summed E-state index contributed by atoms with van der Waals surface area (Å²) >= 11 is 1.54. The van der Waals surface area contributed by atoms with Crippen LogP contribution in [0.15, 0.2) is 29.9 Å². The van der Waals surface area contributed by atoms with Crippen LogP contribution in [-0.4, -0.2) is 82.3 Å². The normalized spacial score (nSPS) is 17.9. The van der Waals surface area contributed by atoms with Crippen molar-refractivity contribution in [2.24, 2.45) is 0 Å². The third-order valence-corrected chi connectivity index (χ3v) is 6.28. The summed E-state index contributed by atoms with van der Waals surface area (Å²) in [6.07, 6.45) is 6.08. The van der Waals surface area contributed by atoms with Gasteiger partial charge in [0.05, 0.1) is 18.7 Å². The number of amides is 2. The molecule has 2 aliphatic rings. The lowest BCUT2D eigenvalue weighted by molar-refractivity contribution is -0.134. The zero-order valence-electron chi connectivity index (χ0n) is 15.9. The van der Waals surface area contributed by atoms with Crippen molar-refractivity contribution >= 4 is 23.2 Å². The fourth-order valence-electron chi connectivity index (χ4n) is 3.69. The molecule has 8 heteroatoms. The van der Waals surface area contributed by atoms with Gasteiger partial charge in [-0.25, -0.2) is 4.98 Å². The number of carbonyl (C=O) groups is 2. The van der Waals surface area contributed by atoms with E-state index >= 15 is 0 Å². The van der Waals surface area contributed by atoms with Gasteiger partial charge in [-0.15, -0.1) is 11.3 Å². The molecule has 2 saturated heterocycles. The van der Waals surface area contributed by atoms with E-state index in [1.807, 2.05) is 27.3 Å². The van der Waals surface area contributed by atoms with Crippen LogP contribution in [0.5, 0.6) is 0 Å². The summed E-state index contributed by atoms with van der Waals surface area (Å²) in [6, 6.07) is 3.86. The van der Waals surface area contributed by atoms with Crippen LogP contribution in [0.25, 0.3) is 10.6 Å². The highest BCUT2D eigenvalue weighted by molar-refractivity contribution is 7.13. The molecule has 0 radical (unpaired) electrons. The van der Waals surface area contributed by atoms with Gasteiger partial charge in [0.25, 0.3) is 0 Å². The molecule has 2 aromatic rings. The third-order valence-electron chi connectivity index (χ3n) is 5.34. The Bertz CT molecular complexity index is 811. The second kappa shape index (κ2) is 8.79. The molecule has 0 aliphatic carbocycles. The number of thiazole rings is 1.